The molecule has 0 N–H and O–H groups in total. The normalized spacial score (nSPS) is 13.7. The van der Waals surface area contributed by atoms with Gasteiger partial charge in [0.2, 0.25) is 0 Å². The van der Waals surface area contributed by atoms with Gasteiger partial charge in [0.05, 0.1) is 4.58 Å². The van der Waals surface area contributed by atoms with Crippen molar-refractivity contribution in [2.24, 2.45) is 4.58 Å². The van der Waals surface area contributed by atoms with Gasteiger partial charge in [-0.3, -0.25) is 0 Å². The number of nitrogens with zero attached hydrogens (tertiary/aromatic N) is 1. The number of thiol groups is 1. The second-order valence-corrected chi connectivity index (χ2v) is 2.97. The molecule has 6 heavy (non-hydrogen) atoms. The molecule has 0 rings (SSSR count). The molecular weight excluding hydrogens is 118 g/mol. The molecule has 0 aliphatic rings. The molecule has 0 radical (unpaired) electrons. The second-order valence-electron chi connectivity index (χ2n) is 0.779. The van der Waals surface area contributed by atoms with Crippen molar-refractivity contribution in [1.82, 2.24) is 0 Å². The molecule has 0 spiro atoms. The van der Waals surface area contributed by atoms with Crippen LogP contribution in [0, 0.1) is 4.91 Å². The molecule has 1 atom stereocenters. The third-order valence-corrected chi connectivity index (χ3v) is 0.870. The summed E-state index contributed by atoms with van der Waals surface area (Å²) in [5.74, 6) is 0. The summed E-state index contributed by atoms with van der Waals surface area (Å²) in [6.07, 6.45) is 0. The molecule has 1 unspecified atom stereocenters. The fraction of sp³-hybridized carbons (Fsp3) is 1.00. The number of nitroso groups, excluding NO2 is 1. The van der Waals surface area contributed by atoms with E-state index in [-0.39, 0.29) is 4.58 Å². The third-order valence-electron chi connectivity index (χ3n) is 0.196. The van der Waals surface area contributed by atoms with E-state index in [9.17, 15) is 4.91 Å². The third kappa shape index (κ3) is 4.30. The lowest BCUT2D eigenvalue weighted by molar-refractivity contribution is 1.43. The van der Waals surface area contributed by atoms with Crippen molar-refractivity contribution in [3.05, 3.63) is 4.91 Å². The molecule has 0 saturated heterocycles. The minimum absolute atomic E-state index is 0.0301. The zero-order valence-electron chi connectivity index (χ0n) is 3.29. The van der Waals surface area contributed by atoms with E-state index < -0.39 is 0 Å². The van der Waals surface area contributed by atoms with Gasteiger partial charge < -0.3 is 0 Å². The Balaban J connectivity index is 2.81. The number of hydrogen-bond donors (Lipinski definition) is 1. The van der Waals surface area contributed by atoms with Gasteiger partial charge in [0, 0.05) is 16.5 Å². The van der Waals surface area contributed by atoms with E-state index in [4.69, 9.17) is 0 Å². The van der Waals surface area contributed by atoms with Gasteiger partial charge in [-0.15, -0.1) is 4.91 Å². The largest absolute Gasteiger partial charge is 0.163 e. The smallest absolute Gasteiger partial charge is 0.0696 e. The fourth-order valence-electron chi connectivity index (χ4n) is 0.0623. The highest BCUT2D eigenvalue weighted by Gasteiger charge is 1.89. The van der Waals surface area contributed by atoms with Gasteiger partial charge in [0.25, 0.3) is 0 Å². The Kier molecular flexibility index (Phi) is 3.66. The van der Waals surface area contributed by atoms with Crippen LogP contribution in [-0.2, 0) is 0 Å². The summed E-state index contributed by atoms with van der Waals surface area (Å²) in [5, 5.41) is 0. The highest BCUT2D eigenvalue weighted by atomic mass is 32.2. The maximum Gasteiger partial charge on any atom is 0.0696 e. The van der Waals surface area contributed by atoms with Gasteiger partial charge in [0.15, 0.2) is 0 Å². The van der Waals surface area contributed by atoms with E-state index in [1.165, 1.54) is 0 Å². The Labute approximate surface area is 46.2 Å². The topological polar surface area (TPSA) is 29.4 Å². The van der Waals surface area contributed by atoms with Gasteiger partial charge in [-0.05, 0) is 6.92 Å². The Morgan fingerprint density at radius 1 is 2.00 bits per heavy atom. The first-order valence-electron chi connectivity index (χ1n) is 1.44. The van der Waals surface area contributed by atoms with E-state index in [0.717, 1.165) is 11.9 Å². The molecule has 0 bridgehead atoms. The van der Waals surface area contributed by atoms with Crippen LogP contribution in [0.3, 0.4) is 0 Å². The average Bonchev–Trinajstić information content (AvgIpc) is 1.35. The SMILES string of the molecule is CC(S)SN=O. The van der Waals surface area contributed by atoms with E-state index in [0.29, 0.717) is 0 Å². The van der Waals surface area contributed by atoms with Gasteiger partial charge in [-0.25, -0.2) is 0 Å². The highest BCUT2D eigenvalue weighted by Crippen LogP contribution is 2.12. The Morgan fingerprint density at radius 3 is 2.50 bits per heavy atom. The zero-order chi connectivity index (χ0) is 4.99. The van der Waals surface area contributed by atoms with E-state index in [2.05, 4.69) is 17.2 Å². The minimum atomic E-state index is 0.0301. The molecule has 0 fully saturated rings. The van der Waals surface area contributed by atoms with Crippen LogP contribution in [0.1, 0.15) is 6.92 Å². The molecule has 0 aliphatic carbocycles. The Hall–Kier alpha value is 0.300. The molecule has 0 aromatic carbocycles. The summed E-state index contributed by atoms with van der Waals surface area (Å²) in [4.78, 5) is 9.28. The van der Waals surface area contributed by atoms with Crippen LogP contribution < -0.4 is 0 Å². The quantitative estimate of drug-likeness (QED) is 0.262. The van der Waals surface area contributed by atoms with Gasteiger partial charge >= 0.3 is 0 Å². The number of hydrogen-bond acceptors (Lipinski definition) is 4. The summed E-state index contributed by atoms with van der Waals surface area (Å²) in [5.41, 5.74) is 0. The summed E-state index contributed by atoms with van der Waals surface area (Å²) >= 11 is 4.77. The average molecular weight is 123 g/mol. The van der Waals surface area contributed by atoms with E-state index in [1.807, 2.05) is 0 Å². The molecule has 0 aromatic heterocycles. The summed E-state index contributed by atoms with van der Waals surface area (Å²) in [7, 11) is 0. The molecule has 0 heterocycles. The van der Waals surface area contributed by atoms with Crippen molar-refractivity contribution in [2.45, 2.75) is 11.5 Å². The summed E-state index contributed by atoms with van der Waals surface area (Å²) in [6.45, 7) is 1.79. The summed E-state index contributed by atoms with van der Waals surface area (Å²) < 4.78 is 2.56. The Morgan fingerprint density at radius 2 is 2.50 bits per heavy atom. The first-order chi connectivity index (χ1) is 2.77. The fourth-order valence-corrected chi connectivity index (χ4v) is 0.302. The monoisotopic (exact) mass is 123 g/mol. The maximum atomic E-state index is 9.28. The molecule has 4 heteroatoms. The van der Waals surface area contributed by atoms with Crippen LogP contribution in [0.25, 0.3) is 0 Å². The molecule has 0 amide bonds. The van der Waals surface area contributed by atoms with E-state index >= 15 is 0 Å². The van der Waals surface area contributed by atoms with Crippen molar-refractivity contribution in [3.63, 3.8) is 0 Å². The predicted octanol–water partition coefficient (Wildman–Crippen LogP) is 1.68. The van der Waals surface area contributed by atoms with Crippen molar-refractivity contribution in [3.8, 4) is 0 Å². The Bertz CT molecular complexity index is 46.8. The van der Waals surface area contributed by atoms with Gasteiger partial charge in [-0.2, -0.15) is 12.6 Å². The molecule has 0 aliphatic heterocycles. The maximum absolute atomic E-state index is 9.28. The van der Waals surface area contributed by atoms with Crippen LogP contribution in [0.4, 0.5) is 0 Å². The molecule has 0 aromatic rings. The zero-order valence-corrected chi connectivity index (χ0v) is 5.00. The van der Waals surface area contributed by atoms with Crippen LogP contribution >= 0.6 is 24.6 Å². The predicted molar refractivity (Wildman–Crippen MR) is 31.8 cm³/mol. The summed E-state index contributed by atoms with van der Waals surface area (Å²) in [6, 6.07) is 0. The van der Waals surface area contributed by atoms with Crippen molar-refractivity contribution in [1.29, 1.82) is 0 Å². The van der Waals surface area contributed by atoms with Crippen molar-refractivity contribution >= 4 is 24.6 Å². The molecule has 2 nitrogen and oxygen atoms in total. The van der Waals surface area contributed by atoms with Gasteiger partial charge in [0.1, 0.15) is 0 Å². The minimum Gasteiger partial charge on any atom is -0.163 e. The standard InChI is InChI=1S/C2H5NOS2/c1-2(5)6-3-4/h2,5H,1H3. The van der Waals surface area contributed by atoms with E-state index in [1.54, 1.807) is 6.92 Å². The van der Waals surface area contributed by atoms with Crippen molar-refractivity contribution in [2.75, 3.05) is 0 Å². The molecule has 36 valence electrons. The van der Waals surface area contributed by atoms with Crippen molar-refractivity contribution < 1.29 is 0 Å². The van der Waals surface area contributed by atoms with Crippen LogP contribution in [0.15, 0.2) is 4.58 Å². The first-order valence-corrected chi connectivity index (χ1v) is 2.79. The van der Waals surface area contributed by atoms with Crippen LogP contribution in [-0.4, -0.2) is 4.58 Å². The lowest BCUT2D eigenvalue weighted by atomic mass is 11.0. The second kappa shape index (κ2) is 3.49. The van der Waals surface area contributed by atoms with Crippen LogP contribution in [0.2, 0.25) is 0 Å². The highest BCUT2D eigenvalue weighted by molar-refractivity contribution is 8.09. The molecule has 0 saturated carbocycles. The lowest BCUT2D eigenvalue weighted by Crippen LogP contribution is -1.73. The molecular formula is C2H5NOS2. The lowest BCUT2D eigenvalue weighted by Gasteiger charge is -1.86. The first kappa shape index (κ1) is 6.30. The van der Waals surface area contributed by atoms with Crippen LogP contribution in [0.5, 0.6) is 0 Å². The number of rotatable bonds is 2. The van der Waals surface area contributed by atoms with Gasteiger partial charge in [-0.1, -0.05) is 0 Å².